The van der Waals surface area contributed by atoms with Crippen molar-refractivity contribution in [1.82, 2.24) is 25.3 Å². The molecule has 0 radical (unpaired) electrons. The van der Waals surface area contributed by atoms with Crippen LogP contribution in [0.2, 0.25) is 0 Å². The summed E-state index contributed by atoms with van der Waals surface area (Å²) >= 11 is 0. The Morgan fingerprint density at radius 2 is 1.42 bits per heavy atom. The van der Waals surface area contributed by atoms with Gasteiger partial charge in [0.25, 0.3) is 0 Å². The van der Waals surface area contributed by atoms with Gasteiger partial charge in [-0.15, -0.1) is 0 Å². The molecular formula is C49H56N8. The minimum absolute atomic E-state index is 0.0898. The summed E-state index contributed by atoms with van der Waals surface area (Å²) in [5, 5.41) is 12.7. The van der Waals surface area contributed by atoms with E-state index in [9.17, 15) is 0 Å². The van der Waals surface area contributed by atoms with Gasteiger partial charge in [-0.25, -0.2) is 9.98 Å². The molecule has 0 unspecified atom stereocenters. The number of hydrogen-bond donors (Lipinski definition) is 3. The second kappa shape index (κ2) is 17.4. The van der Waals surface area contributed by atoms with Gasteiger partial charge in [-0.05, 0) is 76.1 Å². The first kappa shape index (κ1) is 39.3. The number of amidine groups is 1. The number of benzene rings is 5. The predicted molar refractivity (Wildman–Crippen MR) is 238 cm³/mol. The Bertz CT molecular complexity index is 2270. The summed E-state index contributed by atoms with van der Waals surface area (Å²) in [7, 11) is 0. The van der Waals surface area contributed by atoms with Crippen molar-refractivity contribution in [3.63, 3.8) is 0 Å². The normalized spacial score (nSPS) is 15.5. The molecule has 2 heterocycles. The van der Waals surface area contributed by atoms with Gasteiger partial charge in [-0.2, -0.15) is 5.10 Å². The number of aromatic amines is 1. The van der Waals surface area contributed by atoms with Crippen LogP contribution in [0.5, 0.6) is 0 Å². The number of piperazine rings is 1. The Morgan fingerprint density at radius 3 is 1.98 bits per heavy atom. The number of fused-ring (bicyclic) bond motifs is 1. The van der Waals surface area contributed by atoms with Gasteiger partial charge in [-0.1, -0.05) is 144 Å². The van der Waals surface area contributed by atoms with E-state index in [2.05, 4.69) is 182 Å². The number of aliphatic imine (C=N–C) groups is 2. The van der Waals surface area contributed by atoms with Crippen LogP contribution in [0.4, 0.5) is 0 Å². The van der Waals surface area contributed by atoms with Crippen LogP contribution in [0.1, 0.15) is 57.0 Å². The van der Waals surface area contributed by atoms with E-state index in [0.717, 1.165) is 48.2 Å². The number of aromatic nitrogens is 2. The first-order chi connectivity index (χ1) is 27.6. The Kier molecular flexibility index (Phi) is 12.0. The van der Waals surface area contributed by atoms with Crippen LogP contribution >= 0.6 is 0 Å². The molecule has 0 saturated carbocycles. The van der Waals surface area contributed by atoms with Crippen molar-refractivity contribution >= 4 is 23.5 Å². The molecule has 1 fully saturated rings. The van der Waals surface area contributed by atoms with E-state index < -0.39 is 0 Å². The molecule has 1 aromatic heterocycles. The molecule has 1 aliphatic heterocycles. The smallest absolute Gasteiger partial charge is 0.174 e. The van der Waals surface area contributed by atoms with E-state index in [1.165, 1.54) is 33.4 Å². The zero-order valence-corrected chi connectivity index (χ0v) is 34.0. The largest absolute Gasteiger partial charge is 0.383 e. The first-order valence-corrected chi connectivity index (χ1v) is 20.1. The molecular weight excluding hydrogens is 701 g/mol. The molecule has 0 bridgehead atoms. The number of H-pyrrole nitrogens is 1. The SMILES string of the molecule is C=N/C(=C(\N=C(N)c1ccc2n[nH]c(CC(C)(C)C)c2c1)N1CCN[C@@H](C(C)C)C1)N(Cc1ccccc1-c1ccccc1)Cc1ccccc1-c1ccccc1. The molecule has 5 aromatic carbocycles. The third kappa shape index (κ3) is 9.35. The maximum atomic E-state index is 7.09. The van der Waals surface area contributed by atoms with Crippen molar-refractivity contribution in [2.24, 2.45) is 27.1 Å². The summed E-state index contributed by atoms with van der Waals surface area (Å²) in [6.45, 7) is 18.9. The molecule has 0 spiro atoms. The summed E-state index contributed by atoms with van der Waals surface area (Å²) in [4.78, 5) is 14.9. The van der Waals surface area contributed by atoms with Gasteiger partial charge in [0.1, 0.15) is 5.84 Å². The predicted octanol–water partition coefficient (Wildman–Crippen LogP) is 9.65. The fourth-order valence-corrected chi connectivity index (χ4v) is 7.79. The maximum absolute atomic E-state index is 7.09. The molecule has 0 aliphatic carbocycles. The fourth-order valence-electron chi connectivity index (χ4n) is 7.79. The van der Waals surface area contributed by atoms with Gasteiger partial charge < -0.3 is 20.9 Å². The second-order valence-corrected chi connectivity index (χ2v) is 16.6. The molecule has 0 amide bonds. The van der Waals surface area contributed by atoms with E-state index in [0.29, 0.717) is 36.5 Å². The van der Waals surface area contributed by atoms with Crippen molar-refractivity contribution in [3.05, 3.63) is 161 Å². The molecule has 292 valence electrons. The summed E-state index contributed by atoms with van der Waals surface area (Å²) in [6, 6.07) is 44.9. The molecule has 57 heavy (non-hydrogen) atoms. The fraction of sp³-hybridized carbons (Fsp3) is 0.286. The summed E-state index contributed by atoms with van der Waals surface area (Å²) < 4.78 is 0. The van der Waals surface area contributed by atoms with Crippen LogP contribution in [-0.4, -0.2) is 58.2 Å². The molecule has 4 N–H and O–H groups in total. The van der Waals surface area contributed by atoms with E-state index in [4.69, 9.17) is 15.7 Å². The maximum Gasteiger partial charge on any atom is 0.174 e. The quantitative estimate of drug-likeness (QED) is 0.0806. The highest BCUT2D eigenvalue weighted by Gasteiger charge is 2.28. The lowest BCUT2D eigenvalue weighted by Gasteiger charge is -2.39. The first-order valence-electron chi connectivity index (χ1n) is 20.1. The van der Waals surface area contributed by atoms with Crippen molar-refractivity contribution in [1.29, 1.82) is 0 Å². The summed E-state index contributed by atoms with van der Waals surface area (Å²) in [5.41, 5.74) is 17.1. The van der Waals surface area contributed by atoms with E-state index >= 15 is 0 Å². The number of nitrogens with zero attached hydrogens (tertiary/aromatic N) is 5. The number of nitrogens with one attached hydrogen (secondary N) is 2. The molecule has 1 atom stereocenters. The van der Waals surface area contributed by atoms with Gasteiger partial charge in [0.15, 0.2) is 11.6 Å². The van der Waals surface area contributed by atoms with Crippen molar-refractivity contribution < 1.29 is 0 Å². The number of hydrogen-bond acceptors (Lipinski definition) is 6. The molecule has 8 heteroatoms. The number of nitrogens with two attached hydrogens (primary N) is 1. The standard InChI is InChI=1S/C49H56N8/c1-34(2)45-33-56(28-27-52-45)48(53-46(50)37-25-26-43-42(29-37)44(55-54-43)30-49(3,4)5)47(51-6)57(31-38-21-13-15-23-40(38)35-17-9-7-10-18-35)32-39-22-14-16-24-41(39)36-19-11-8-12-20-36/h7-26,29,34,45,52H,6,27-28,30-33H2,1-5H3,(H2,50,53)(H,54,55)/b48-47-/t45-/m1/s1. The lowest BCUT2D eigenvalue weighted by molar-refractivity contribution is 0.201. The van der Waals surface area contributed by atoms with Gasteiger partial charge in [-0.3, -0.25) is 5.10 Å². The average Bonchev–Trinajstić information content (AvgIpc) is 3.62. The van der Waals surface area contributed by atoms with Crippen LogP contribution in [-0.2, 0) is 19.5 Å². The van der Waals surface area contributed by atoms with E-state index in [1.54, 1.807) is 0 Å². The lowest BCUT2D eigenvalue weighted by Crippen LogP contribution is -2.52. The summed E-state index contributed by atoms with van der Waals surface area (Å²) in [5.74, 6) is 2.24. The zero-order valence-electron chi connectivity index (χ0n) is 34.0. The minimum Gasteiger partial charge on any atom is -0.383 e. The van der Waals surface area contributed by atoms with Gasteiger partial charge in [0, 0.05) is 55.4 Å². The van der Waals surface area contributed by atoms with E-state index in [1.807, 2.05) is 12.1 Å². The average molecular weight is 757 g/mol. The molecule has 1 aliphatic rings. The third-order valence-corrected chi connectivity index (χ3v) is 10.7. The minimum atomic E-state index is 0.0898. The molecule has 8 nitrogen and oxygen atoms in total. The topological polar surface area (TPSA) is 97.9 Å². The van der Waals surface area contributed by atoms with Crippen LogP contribution in [0.25, 0.3) is 33.2 Å². The van der Waals surface area contributed by atoms with Gasteiger partial charge >= 0.3 is 0 Å². The number of rotatable bonds is 13. The zero-order chi connectivity index (χ0) is 39.9. The molecule has 7 rings (SSSR count). The Labute approximate surface area is 338 Å². The van der Waals surface area contributed by atoms with Crippen LogP contribution in [0.3, 0.4) is 0 Å². The third-order valence-electron chi connectivity index (χ3n) is 10.7. The van der Waals surface area contributed by atoms with Gasteiger partial charge in [0.2, 0.25) is 0 Å². The highest BCUT2D eigenvalue weighted by atomic mass is 15.3. The van der Waals surface area contributed by atoms with Gasteiger partial charge in [0.05, 0.1) is 5.52 Å². The van der Waals surface area contributed by atoms with Crippen molar-refractivity contribution in [2.75, 3.05) is 19.6 Å². The molecule has 1 saturated heterocycles. The second-order valence-electron chi connectivity index (χ2n) is 16.6. The highest BCUT2D eigenvalue weighted by Crippen LogP contribution is 2.32. The Morgan fingerprint density at radius 1 is 0.842 bits per heavy atom. The van der Waals surface area contributed by atoms with E-state index in [-0.39, 0.29) is 11.5 Å². The Hall–Kier alpha value is -5.99. The Balaban J connectivity index is 1.40. The summed E-state index contributed by atoms with van der Waals surface area (Å²) in [6.07, 6.45) is 0.862. The lowest BCUT2D eigenvalue weighted by atomic mass is 9.89. The highest BCUT2D eigenvalue weighted by molar-refractivity contribution is 6.01. The van der Waals surface area contributed by atoms with Crippen molar-refractivity contribution in [2.45, 2.75) is 60.2 Å². The van der Waals surface area contributed by atoms with Crippen LogP contribution in [0, 0.1) is 11.3 Å². The molecule has 6 aromatic rings. The van der Waals surface area contributed by atoms with Crippen LogP contribution in [0.15, 0.2) is 149 Å². The van der Waals surface area contributed by atoms with Crippen molar-refractivity contribution in [3.8, 4) is 22.3 Å². The van der Waals surface area contributed by atoms with Crippen LogP contribution < -0.4 is 11.1 Å². The monoisotopic (exact) mass is 756 g/mol.